The monoisotopic (exact) mass is 273 g/mol. The Kier molecular flexibility index (Phi) is 4.70. The van der Waals surface area contributed by atoms with Gasteiger partial charge in [0.1, 0.15) is 0 Å². The van der Waals surface area contributed by atoms with E-state index in [1.54, 1.807) is 23.3 Å². The van der Waals surface area contributed by atoms with Crippen LogP contribution in [0.3, 0.4) is 0 Å². The lowest BCUT2D eigenvalue weighted by Crippen LogP contribution is -2.37. The first-order valence-corrected chi connectivity index (χ1v) is 6.61. The number of urea groups is 1. The molecule has 6 heteroatoms. The standard InChI is InChI=1S/C14H19N5O/c1-3-13(12-4-6-15-7-5-12)18-14(20)16-8-11-9-17-19(2)10-11/h4-7,9-10,13H,3,8H2,1-2H3,(H2,16,18,20). The molecule has 0 bridgehead atoms. The normalized spacial score (nSPS) is 11.9. The van der Waals surface area contributed by atoms with Crippen molar-refractivity contribution in [1.82, 2.24) is 25.4 Å². The molecular formula is C14H19N5O. The first-order chi connectivity index (χ1) is 9.69. The second-order valence-corrected chi connectivity index (χ2v) is 4.59. The summed E-state index contributed by atoms with van der Waals surface area (Å²) in [4.78, 5) is 15.9. The van der Waals surface area contributed by atoms with Gasteiger partial charge in [-0.2, -0.15) is 5.10 Å². The highest BCUT2D eigenvalue weighted by Gasteiger charge is 2.12. The Bertz CT molecular complexity index is 552. The maximum atomic E-state index is 11.9. The average molecular weight is 273 g/mol. The van der Waals surface area contributed by atoms with Gasteiger partial charge in [-0.05, 0) is 24.1 Å². The first-order valence-electron chi connectivity index (χ1n) is 6.61. The fourth-order valence-corrected chi connectivity index (χ4v) is 1.97. The molecule has 6 nitrogen and oxygen atoms in total. The minimum atomic E-state index is -0.183. The number of rotatable bonds is 5. The SMILES string of the molecule is CCC(NC(=O)NCc1cnn(C)c1)c1ccncc1. The molecule has 1 atom stereocenters. The minimum absolute atomic E-state index is 0.00750. The molecule has 2 heterocycles. The van der Waals surface area contributed by atoms with Crippen LogP contribution >= 0.6 is 0 Å². The number of aromatic nitrogens is 3. The van der Waals surface area contributed by atoms with E-state index in [2.05, 4.69) is 20.7 Å². The summed E-state index contributed by atoms with van der Waals surface area (Å²) in [5.74, 6) is 0. The summed E-state index contributed by atoms with van der Waals surface area (Å²) >= 11 is 0. The largest absolute Gasteiger partial charge is 0.334 e. The van der Waals surface area contributed by atoms with E-state index in [9.17, 15) is 4.79 Å². The Hall–Kier alpha value is -2.37. The van der Waals surface area contributed by atoms with Crippen LogP contribution in [0.15, 0.2) is 36.9 Å². The molecule has 0 fully saturated rings. The Morgan fingerprint density at radius 2 is 2.15 bits per heavy atom. The number of carbonyl (C=O) groups excluding carboxylic acids is 1. The van der Waals surface area contributed by atoms with Crippen molar-refractivity contribution in [3.63, 3.8) is 0 Å². The highest BCUT2D eigenvalue weighted by molar-refractivity contribution is 5.74. The van der Waals surface area contributed by atoms with Gasteiger partial charge in [0.15, 0.2) is 0 Å². The number of amides is 2. The molecule has 2 N–H and O–H groups in total. The van der Waals surface area contributed by atoms with Crippen molar-refractivity contribution in [2.24, 2.45) is 7.05 Å². The van der Waals surface area contributed by atoms with Crippen LogP contribution in [0.5, 0.6) is 0 Å². The van der Waals surface area contributed by atoms with E-state index >= 15 is 0 Å². The lowest BCUT2D eigenvalue weighted by Gasteiger charge is -2.17. The smallest absolute Gasteiger partial charge is 0.315 e. The zero-order valence-corrected chi connectivity index (χ0v) is 11.7. The van der Waals surface area contributed by atoms with Gasteiger partial charge in [0, 0.05) is 37.7 Å². The Balaban J connectivity index is 1.86. The van der Waals surface area contributed by atoms with Crippen LogP contribution in [0, 0.1) is 0 Å². The molecule has 106 valence electrons. The van der Waals surface area contributed by atoms with Crippen molar-refractivity contribution in [1.29, 1.82) is 0 Å². The van der Waals surface area contributed by atoms with Crippen LogP contribution in [0.1, 0.15) is 30.5 Å². The summed E-state index contributed by atoms with van der Waals surface area (Å²) in [6, 6.07) is 3.63. The summed E-state index contributed by atoms with van der Waals surface area (Å²) in [6.45, 7) is 2.50. The van der Waals surface area contributed by atoms with E-state index in [-0.39, 0.29) is 12.1 Å². The lowest BCUT2D eigenvalue weighted by molar-refractivity contribution is 0.236. The first kappa shape index (κ1) is 14.0. The molecule has 2 aromatic heterocycles. The molecule has 0 aromatic carbocycles. The van der Waals surface area contributed by atoms with Gasteiger partial charge >= 0.3 is 6.03 Å². The lowest BCUT2D eigenvalue weighted by atomic mass is 10.1. The molecule has 1 unspecified atom stereocenters. The van der Waals surface area contributed by atoms with Crippen LogP contribution in [0.4, 0.5) is 4.79 Å². The minimum Gasteiger partial charge on any atom is -0.334 e. The van der Waals surface area contributed by atoms with Crippen molar-refractivity contribution in [3.05, 3.63) is 48.0 Å². The zero-order valence-electron chi connectivity index (χ0n) is 11.7. The van der Waals surface area contributed by atoms with Crippen molar-refractivity contribution in [2.45, 2.75) is 25.9 Å². The Morgan fingerprint density at radius 1 is 1.40 bits per heavy atom. The third-order valence-electron chi connectivity index (χ3n) is 3.03. The van der Waals surface area contributed by atoms with Gasteiger partial charge in [-0.3, -0.25) is 9.67 Å². The molecule has 2 rings (SSSR count). The molecule has 0 aliphatic rings. The van der Waals surface area contributed by atoms with Crippen molar-refractivity contribution in [2.75, 3.05) is 0 Å². The van der Waals surface area contributed by atoms with Crippen molar-refractivity contribution in [3.8, 4) is 0 Å². The van der Waals surface area contributed by atoms with E-state index < -0.39 is 0 Å². The maximum Gasteiger partial charge on any atom is 0.315 e. The molecular weight excluding hydrogens is 254 g/mol. The van der Waals surface area contributed by atoms with E-state index in [1.165, 1.54) is 0 Å². The average Bonchev–Trinajstić information content (AvgIpc) is 2.89. The molecule has 0 saturated carbocycles. The summed E-state index contributed by atoms with van der Waals surface area (Å²) in [6.07, 6.45) is 7.89. The second-order valence-electron chi connectivity index (χ2n) is 4.59. The molecule has 0 saturated heterocycles. The molecule has 0 aliphatic heterocycles. The number of hydrogen-bond donors (Lipinski definition) is 2. The molecule has 0 aliphatic carbocycles. The van der Waals surface area contributed by atoms with E-state index in [0.717, 1.165) is 17.5 Å². The van der Waals surface area contributed by atoms with Gasteiger partial charge < -0.3 is 10.6 Å². The van der Waals surface area contributed by atoms with Gasteiger partial charge in [-0.15, -0.1) is 0 Å². The molecule has 2 amide bonds. The maximum absolute atomic E-state index is 11.9. The second kappa shape index (κ2) is 6.70. The number of hydrogen-bond acceptors (Lipinski definition) is 3. The summed E-state index contributed by atoms with van der Waals surface area (Å²) in [7, 11) is 1.85. The number of aryl methyl sites for hydroxylation is 1. The van der Waals surface area contributed by atoms with Crippen LogP contribution in [-0.2, 0) is 13.6 Å². The van der Waals surface area contributed by atoms with Gasteiger partial charge in [-0.1, -0.05) is 6.92 Å². The van der Waals surface area contributed by atoms with Crippen LogP contribution in [-0.4, -0.2) is 20.8 Å². The zero-order chi connectivity index (χ0) is 14.4. The van der Waals surface area contributed by atoms with Crippen LogP contribution < -0.4 is 10.6 Å². The predicted octanol–water partition coefficient (Wildman–Crippen LogP) is 1.77. The Morgan fingerprint density at radius 3 is 2.75 bits per heavy atom. The van der Waals surface area contributed by atoms with E-state index in [4.69, 9.17) is 0 Å². The van der Waals surface area contributed by atoms with Gasteiger partial charge in [-0.25, -0.2) is 4.79 Å². The van der Waals surface area contributed by atoms with E-state index in [1.807, 2.05) is 32.3 Å². The van der Waals surface area contributed by atoms with Gasteiger partial charge in [0.2, 0.25) is 0 Å². The van der Waals surface area contributed by atoms with Crippen molar-refractivity contribution >= 4 is 6.03 Å². The fourth-order valence-electron chi connectivity index (χ4n) is 1.97. The summed E-state index contributed by atoms with van der Waals surface area (Å²) in [5.41, 5.74) is 2.03. The van der Waals surface area contributed by atoms with Crippen LogP contribution in [0.25, 0.3) is 0 Å². The third kappa shape index (κ3) is 3.81. The van der Waals surface area contributed by atoms with Crippen LogP contribution in [0.2, 0.25) is 0 Å². The summed E-state index contributed by atoms with van der Waals surface area (Å²) in [5, 5.41) is 9.84. The molecule has 0 spiro atoms. The summed E-state index contributed by atoms with van der Waals surface area (Å²) < 4.78 is 1.71. The number of pyridine rings is 1. The number of nitrogens with zero attached hydrogens (tertiary/aromatic N) is 3. The number of carbonyl (C=O) groups is 1. The highest BCUT2D eigenvalue weighted by atomic mass is 16.2. The third-order valence-corrected chi connectivity index (χ3v) is 3.03. The quantitative estimate of drug-likeness (QED) is 0.872. The highest BCUT2D eigenvalue weighted by Crippen LogP contribution is 2.14. The Labute approximate surface area is 118 Å². The molecule has 20 heavy (non-hydrogen) atoms. The molecule has 2 aromatic rings. The molecule has 0 radical (unpaired) electrons. The van der Waals surface area contributed by atoms with Crippen molar-refractivity contribution < 1.29 is 4.79 Å². The van der Waals surface area contributed by atoms with E-state index in [0.29, 0.717) is 6.54 Å². The fraction of sp³-hybridized carbons (Fsp3) is 0.357. The van der Waals surface area contributed by atoms with Gasteiger partial charge in [0.25, 0.3) is 0 Å². The van der Waals surface area contributed by atoms with Gasteiger partial charge in [0.05, 0.1) is 12.2 Å². The predicted molar refractivity (Wildman–Crippen MR) is 75.8 cm³/mol. The number of nitrogens with one attached hydrogen (secondary N) is 2. The topological polar surface area (TPSA) is 71.8 Å².